The van der Waals surface area contributed by atoms with Crippen molar-refractivity contribution >= 4 is 17.6 Å². The number of hydrogen-bond donors (Lipinski definition) is 1. The first-order valence-corrected chi connectivity index (χ1v) is 5.95. The van der Waals surface area contributed by atoms with E-state index in [1.54, 1.807) is 6.07 Å². The normalized spacial score (nSPS) is 10.3. The fourth-order valence-electron chi connectivity index (χ4n) is 1.61. The van der Waals surface area contributed by atoms with Crippen molar-refractivity contribution in [1.82, 2.24) is 0 Å². The van der Waals surface area contributed by atoms with Gasteiger partial charge in [-0.25, -0.2) is 13.6 Å². The van der Waals surface area contributed by atoms with Gasteiger partial charge in [0.25, 0.3) is 0 Å². The fraction of sp³-hybridized carbons (Fsp3) is 0.0714. The summed E-state index contributed by atoms with van der Waals surface area (Å²) in [5.74, 6) is -2.60. The first-order valence-electron chi connectivity index (χ1n) is 5.57. The average molecular weight is 299 g/mol. The van der Waals surface area contributed by atoms with Gasteiger partial charge in [0.2, 0.25) is 0 Å². The summed E-state index contributed by atoms with van der Waals surface area (Å²) in [5.41, 5.74) is 0.0601. The Bertz CT molecular complexity index is 659. The molecule has 0 saturated carbocycles. The highest BCUT2D eigenvalue weighted by molar-refractivity contribution is 6.31. The fourth-order valence-corrected chi connectivity index (χ4v) is 1.79. The van der Waals surface area contributed by atoms with E-state index < -0.39 is 17.6 Å². The summed E-state index contributed by atoms with van der Waals surface area (Å²) in [6.07, 6.45) is 0. The third-order valence-corrected chi connectivity index (χ3v) is 3.01. The molecule has 2 aromatic carbocycles. The number of hydrogen-bond acceptors (Lipinski definition) is 2. The van der Waals surface area contributed by atoms with Crippen molar-refractivity contribution in [1.29, 1.82) is 0 Å². The van der Waals surface area contributed by atoms with Crippen LogP contribution in [0.2, 0.25) is 5.02 Å². The molecule has 1 N–H and O–H groups in total. The van der Waals surface area contributed by atoms with Gasteiger partial charge in [0, 0.05) is 5.56 Å². The summed E-state index contributed by atoms with van der Waals surface area (Å²) in [6.45, 7) is -0.123. The Morgan fingerprint density at radius 3 is 2.70 bits per heavy atom. The molecular weight excluding hydrogens is 290 g/mol. The lowest BCUT2D eigenvalue weighted by molar-refractivity contribution is 0.0691. The molecule has 2 rings (SSSR count). The molecular formula is C14H9ClF2O3. The number of ether oxygens (including phenoxy) is 1. The van der Waals surface area contributed by atoms with E-state index in [4.69, 9.17) is 21.4 Å². The molecule has 0 aliphatic rings. The Morgan fingerprint density at radius 2 is 2.00 bits per heavy atom. The predicted octanol–water partition coefficient (Wildman–Crippen LogP) is 3.90. The third-order valence-electron chi connectivity index (χ3n) is 2.59. The van der Waals surface area contributed by atoms with E-state index in [2.05, 4.69) is 0 Å². The maximum Gasteiger partial charge on any atom is 0.339 e. The second kappa shape index (κ2) is 5.88. The van der Waals surface area contributed by atoms with Crippen molar-refractivity contribution in [3.05, 3.63) is 64.2 Å². The number of carbonyl (C=O) groups is 1. The standard InChI is InChI=1S/C14H9ClF2O3/c15-13-8(2-1-3-11(13)17)7-20-12-5-4-9(16)6-10(12)14(18)19/h1-6H,7H2,(H,18,19). The minimum Gasteiger partial charge on any atom is -0.488 e. The molecule has 0 saturated heterocycles. The predicted molar refractivity (Wildman–Crippen MR) is 69.1 cm³/mol. The Balaban J connectivity index is 2.23. The first-order chi connectivity index (χ1) is 9.49. The Morgan fingerprint density at radius 1 is 1.25 bits per heavy atom. The molecule has 0 spiro atoms. The van der Waals surface area contributed by atoms with Crippen LogP contribution in [-0.4, -0.2) is 11.1 Å². The van der Waals surface area contributed by atoms with Gasteiger partial charge in [-0.1, -0.05) is 23.7 Å². The smallest absolute Gasteiger partial charge is 0.339 e. The van der Waals surface area contributed by atoms with Crippen LogP contribution in [-0.2, 0) is 6.61 Å². The zero-order valence-electron chi connectivity index (χ0n) is 10.1. The van der Waals surface area contributed by atoms with Gasteiger partial charge >= 0.3 is 5.97 Å². The molecule has 6 heteroatoms. The van der Waals surface area contributed by atoms with Crippen LogP contribution in [0.25, 0.3) is 0 Å². The van der Waals surface area contributed by atoms with Crippen LogP contribution in [0.3, 0.4) is 0 Å². The highest BCUT2D eigenvalue weighted by atomic mass is 35.5. The molecule has 0 aliphatic carbocycles. The van der Waals surface area contributed by atoms with E-state index in [-0.39, 0.29) is 22.9 Å². The summed E-state index contributed by atoms with van der Waals surface area (Å²) in [7, 11) is 0. The maximum absolute atomic E-state index is 13.2. The number of aromatic carboxylic acids is 1. The first kappa shape index (κ1) is 14.3. The molecule has 0 bridgehead atoms. The van der Waals surface area contributed by atoms with Gasteiger partial charge in [-0.3, -0.25) is 0 Å². The van der Waals surface area contributed by atoms with Crippen LogP contribution in [0.15, 0.2) is 36.4 Å². The zero-order valence-corrected chi connectivity index (χ0v) is 10.8. The Kier molecular flexibility index (Phi) is 4.20. The lowest BCUT2D eigenvalue weighted by Crippen LogP contribution is -2.04. The largest absolute Gasteiger partial charge is 0.488 e. The summed E-state index contributed by atoms with van der Waals surface area (Å²) < 4.78 is 31.5. The number of rotatable bonds is 4. The minimum atomic E-state index is -1.31. The van der Waals surface area contributed by atoms with Crippen LogP contribution in [0.4, 0.5) is 8.78 Å². The minimum absolute atomic E-state index is 0.0146. The lowest BCUT2D eigenvalue weighted by atomic mass is 10.2. The van der Waals surface area contributed by atoms with Crippen molar-refractivity contribution in [2.24, 2.45) is 0 Å². The van der Waals surface area contributed by atoms with Crippen LogP contribution in [0, 0.1) is 11.6 Å². The van der Waals surface area contributed by atoms with Gasteiger partial charge in [-0.2, -0.15) is 0 Å². The van der Waals surface area contributed by atoms with E-state index in [1.807, 2.05) is 0 Å². The molecule has 0 aliphatic heterocycles. The van der Waals surface area contributed by atoms with Crippen molar-refractivity contribution in [2.75, 3.05) is 0 Å². The van der Waals surface area contributed by atoms with Crippen LogP contribution in [0.1, 0.15) is 15.9 Å². The highest BCUT2D eigenvalue weighted by Gasteiger charge is 2.13. The van der Waals surface area contributed by atoms with Gasteiger partial charge in [0.15, 0.2) is 0 Å². The number of halogens is 3. The van der Waals surface area contributed by atoms with Gasteiger partial charge in [0.1, 0.15) is 29.6 Å². The van der Waals surface area contributed by atoms with Crippen molar-refractivity contribution < 1.29 is 23.4 Å². The molecule has 0 aromatic heterocycles. The van der Waals surface area contributed by atoms with Gasteiger partial charge < -0.3 is 9.84 Å². The second-order valence-corrected chi connectivity index (χ2v) is 4.33. The van der Waals surface area contributed by atoms with E-state index in [1.165, 1.54) is 18.2 Å². The van der Waals surface area contributed by atoms with Gasteiger partial charge in [-0.05, 0) is 24.3 Å². The molecule has 0 heterocycles. The summed E-state index contributed by atoms with van der Waals surface area (Å²) >= 11 is 5.76. The van der Waals surface area contributed by atoms with Crippen LogP contribution < -0.4 is 4.74 Å². The number of benzene rings is 2. The summed E-state index contributed by atoms with van der Waals surface area (Å²) in [4.78, 5) is 11.0. The SMILES string of the molecule is O=C(O)c1cc(F)ccc1OCc1cccc(F)c1Cl. The monoisotopic (exact) mass is 298 g/mol. The summed E-state index contributed by atoms with van der Waals surface area (Å²) in [5, 5.41) is 8.86. The third kappa shape index (κ3) is 3.05. The molecule has 0 unspecified atom stereocenters. The van der Waals surface area contributed by atoms with E-state index in [0.717, 1.165) is 12.1 Å². The molecule has 0 atom stereocenters. The molecule has 0 amide bonds. The maximum atomic E-state index is 13.2. The topological polar surface area (TPSA) is 46.5 Å². The van der Waals surface area contributed by atoms with E-state index >= 15 is 0 Å². The van der Waals surface area contributed by atoms with Gasteiger partial charge in [0.05, 0.1) is 5.02 Å². The summed E-state index contributed by atoms with van der Waals surface area (Å²) in [6, 6.07) is 7.34. The number of carboxylic acid groups (broad SMARTS) is 1. The van der Waals surface area contributed by atoms with Crippen molar-refractivity contribution in [2.45, 2.75) is 6.61 Å². The van der Waals surface area contributed by atoms with E-state index in [0.29, 0.717) is 5.56 Å². The highest BCUT2D eigenvalue weighted by Crippen LogP contribution is 2.24. The van der Waals surface area contributed by atoms with Crippen LogP contribution in [0.5, 0.6) is 5.75 Å². The number of carboxylic acids is 1. The molecule has 3 nitrogen and oxygen atoms in total. The molecule has 2 aromatic rings. The van der Waals surface area contributed by atoms with Crippen molar-refractivity contribution in [3.63, 3.8) is 0 Å². The molecule has 104 valence electrons. The molecule has 0 fully saturated rings. The van der Waals surface area contributed by atoms with E-state index in [9.17, 15) is 13.6 Å². The Labute approximate surface area is 118 Å². The lowest BCUT2D eigenvalue weighted by Gasteiger charge is -2.10. The quantitative estimate of drug-likeness (QED) is 0.931. The van der Waals surface area contributed by atoms with Gasteiger partial charge in [-0.15, -0.1) is 0 Å². The van der Waals surface area contributed by atoms with Crippen LogP contribution >= 0.6 is 11.6 Å². The molecule has 0 radical (unpaired) electrons. The molecule has 20 heavy (non-hydrogen) atoms. The Hall–Kier alpha value is -2.14. The zero-order chi connectivity index (χ0) is 14.7. The van der Waals surface area contributed by atoms with Crippen molar-refractivity contribution in [3.8, 4) is 5.75 Å². The average Bonchev–Trinajstić information content (AvgIpc) is 2.41. The second-order valence-electron chi connectivity index (χ2n) is 3.95.